The monoisotopic (exact) mass is 185 g/mol. The van der Waals surface area contributed by atoms with Gasteiger partial charge >= 0.3 is 5.97 Å². The Kier molecular flexibility index (Phi) is 2.96. The fourth-order valence-corrected chi connectivity index (χ4v) is 2.26. The Hall–Kier alpha value is -0.570. The van der Waals surface area contributed by atoms with Crippen molar-refractivity contribution in [3.05, 3.63) is 0 Å². The lowest BCUT2D eigenvalue weighted by Gasteiger charge is -2.30. The molecular formula is C10H19NO2. The number of hydrogen-bond donors (Lipinski definition) is 1. The van der Waals surface area contributed by atoms with Crippen molar-refractivity contribution in [1.29, 1.82) is 0 Å². The average molecular weight is 185 g/mol. The number of nitrogens with two attached hydrogens (primary N) is 1. The second-order valence-corrected chi connectivity index (χ2v) is 4.31. The van der Waals surface area contributed by atoms with Crippen LogP contribution in [0.15, 0.2) is 0 Å². The summed E-state index contributed by atoms with van der Waals surface area (Å²) < 4.78 is 4.85. The van der Waals surface area contributed by atoms with Gasteiger partial charge in [0.25, 0.3) is 0 Å². The van der Waals surface area contributed by atoms with E-state index in [9.17, 15) is 4.79 Å². The Morgan fingerprint density at radius 2 is 2.23 bits per heavy atom. The Balaban J connectivity index is 2.83. The fraction of sp³-hybridized carbons (Fsp3) is 0.900. The van der Waals surface area contributed by atoms with E-state index in [1.54, 1.807) is 0 Å². The summed E-state index contributed by atoms with van der Waals surface area (Å²) in [7, 11) is 1.45. The Labute approximate surface area is 79.6 Å². The molecule has 1 rings (SSSR count). The first-order valence-electron chi connectivity index (χ1n) is 4.87. The first kappa shape index (κ1) is 10.5. The molecule has 1 saturated carbocycles. The van der Waals surface area contributed by atoms with Crippen LogP contribution in [0.4, 0.5) is 0 Å². The maximum absolute atomic E-state index is 11.6. The van der Waals surface area contributed by atoms with Crippen molar-refractivity contribution >= 4 is 5.97 Å². The van der Waals surface area contributed by atoms with Crippen LogP contribution in [0.2, 0.25) is 0 Å². The van der Waals surface area contributed by atoms with E-state index in [1.165, 1.54) is 7.11 Å². The molecule has 2 atom stereocenters. The van der Waals surface area contributed by atoms with Gasteiger partial charge in [0, 0.05) is 6.04 Å². The minimum atomic E-state index is -0.311. The van der Waals surface area contributed by atoms with Gasteiger partial charge in [0.1, 0.15) is 0 Å². The van der Waals surface area contributed by atoms with Crippen LogP contribution in [0.1, 0.15) is 33.1 Å². The number of esters is 1. The van der Waals surface area contributed by atoms with E-state index in [4.69, 9.17) is 10.5 Å². The zero-order valence-electron chi connectivity index (χ0n) is 8.67. The van der Waals surface area contributed by atoms with Crippen molar-refractivity contribution in [3.8, 4) is 0 Å². The average Bonchev–Trinajstić information content (AvgIpc) is 2.47. The summed E-state index contributed by atoms with van der Waals surface area (Å²) in [6, 6.07) is 0.168. The van der Waals surface area contributed by atoms with Crippen LogP contribution < -0.4 is 5.73 Å². The maximum atomic E-state index is 11.6. The lowest BCUT2D eigenvalue weighted by molar-refractivity contribution is -0.155. The number of methoxy groups -OCH3 is 1. The molecule has 0 aliphatic heterocycles. The van der Waals surface area contributed by atoms with Crippen LogP contribution >= 0.6 is 0 Å². The van der Waals surface area contributed by atoms with Gasteiger partial charge in [0.2, 0.25) is 0 Å². The highest BCUT2D eigenvalue weighted by Gasteiger charge is 2.47. The Morgan fingerprint density at radius 1 is 1.62 bits per heavy atom. The van der Waals surface area contributed by atoms with Gasteiger partial charge in [-0.1, -0.05) is 13.8 Å². The molecule has 2 N–H and O–H groups in total. The van der Waals surface area contributed by atoms with Crippen LogP contribution in [-0.4, -0.2) is 19.1 Å². The van der Waals surface area contributed by atoms with E-state index >= 15 is 0 Å². The van der Waals surface area contributed by atoms with Gasteiger partial charge < -0.3 is 10.5 Å². The quantitative estimate of drug-likeness (QED) is 0.660. The molecule has 0 amide bonds. The van der Waals surface area contributed by atoms with E-state index in [0.717, 1.165) is 19.3 Å². The smallest absolute Gasteiger partial charge is 0.312 e. The Morgan fingerprint density at radius 3 is 2.54 bits per heavy atom. The minimum Gasteiger partial charge on any atom is -0.469 e. The first-order valence-corrected chi connectivity index (χ1v) is 4.87. The number of rotatable bonds is 2. The minimum absolute atomic E-state index is 0.0875. The van der Waals surface area contributed by atoms with Crippen molar-refractivity contribution in [2.75, 3.05) is 7.11 Å². The predicted molar refractivity (Wildman–Crippen MR) is 51.1 cm³/mol. The van der Waals surface area contributed by atoms with E-state index in [0.29, 0.717) is 5.92 Å². The van der Waals surface area contributed by atoms with E-state index < -0.39 is 0 Å². The zero-order valence-corrected chi connectivity index (χ0v) is 8.67. The molecule has 0 radical (unpaired) electrons. The zero-order chi connectivity index (χ0) is 10.1. The summed E-state index contributed by atoms with van der Waals surface area (Å²) in [5, 5.41) is 0. The molecule has 0 heterocycles. The molecule has 1 aliphatic carbocycles. The van der Waals surface area contributed by atoms with Crippen molar-refractivity contribution in [2.24, 2.45) is 17.1 Å². The van der Waals surface area contributed by atoms with Gasteiger partial charge in [-0.3, -0.25) is 4.79 Å². The summed E-state index contributed by atoms with van der Waals surface area (Å²) in [5.41, 5.74) is 5.52. The Bertz CT molecular complexity index is 203. The van der Waals surface area contributed by atoms with Crippen molar-refractivity contribution < 1.29 is 9.53 Å². The second kappa shape index (κ2) is 3.66. The predicted octanol–water partition coefficient (Wildman–Crippen LogP) is 1.31. The van der Waals surface area contributed by atoms with Crippen LogP contribution in [0.3, 0.4) is 0 Å². The van der Waals surface area contributed by atoms with Gasteiger partial charge in [-0.15, -0.1) is 0 Å². The topological polar surface area (TPSA) is 52.3 Å². The molecule has 0 spiro atoms. The van der Waals surface area contributed by atoms with E-state index in [-0.39, 0.29) is 17.4 Å². The molecule has 13 heavy (non-hydrogen) atoms. The van der Waals surface area contributed by atoms with Gasteiger partial charge in [-0.25, -0.2) is 0 Å². The molecule has 2 unspecified atom stereocenters. The third kappa shape index (κ3) is 1.70. The highest BCUT2D eigenvalue weighted by atomic mass is 16.5. The van der Waals surface area contributed by atoms with E-state index in [2.05, 4.69) is 13.8 Å². The third-order valence-electron chi connectivity index (χ3n) is 3.28. The second-order valence-electron chi connectivity index (χ2n) is 4.31. The van der Waals surface area contributed by atoms with Crippen LogP contribution in [0.25, 0.3) is 0 Å². The molecule has 3 heteroatoms. The lowest BCUT2D eigenvalue weighted by Crippen LogP contribution is -2.36. The van der Waals surface area contributed by atoms with Crippen LogP contribution in [0.5, 0.6) is 0 Å². The fourth-order valence-electron chi connectivity index (χ4n) is 2.26. The van der Waals surface area contributed by atoms with Crippen molar-refractivity contribution in [1.82, 2.24) is 0 Å². The molecule has 0 aromatic heterocycles. The van der Waals surface area contributed by atoms with Crippen molar-refractivity contribution in [3.63, 3.8) is 0 Å². The molecule has 0 saturated heterocycles. The highest BCUT2D eigenvalue weighted by Crippen LogP contribution is 2.44. The van der Waals surface area contributed by atoms with Crippen LogP contribution in [0, 0.1) is 11.3 Å². The standard InChI is InChI=1S/C10H19NO2/c1-7(2)10(9(12)13-3)5-4-8(11)6-10/h7-8H,4-6,11H2,1-3H3. The summed E-state index contributed by atoms with van der Waals surface area (Å²) >= 11 is 0. The van der Waals surface area contributed by atoms with Crippen LogP contribution in [-0.2, 0) is 9.53 Å². The molecule has 1 aliphatic rings. The van der Waals surface area contributed by atoms with Crippen molar-refractivity contribution in [2.45, 2.75) is 39.2 Å². The number of carbonyl (C=O) groups excluding carboxylic acids is 1. The number of hydrogen-bond acceptors (Lipinski definition) is 3. The van der Waals surface area contributed by atoms with Gasteiger partial charge in [0.15, 0.2) is 0 Å². The largest absolute Gasteiger partial charge is 0.469 e. The molecule has 1 fully saturated rings. The van der Waals surface area contributed by atoms with Gasteiger partial charge in [0.05, 0.1) is 12.5 Å². The normalized spacial score (nSPS) is 33.8. The summed E-state index contributed by atoms with van der Waals surface area (Å²) in [5.74, 6) is 0.226. The summed E-state index contributed by atoms with van der Waals surface area (Å²) in [6.45, 7) is 4.13. The molecular weight excluding hydrogens is 166 g/mol. The highest BCUT2D eigenvalue weighted by molar-refractivity contribution is 5.77. The molecule has 0 aromatic rings. The first-order chi connectivity index (χ1) is 6.03. The number of carbonyl (C=O) groups is 1. The summed E-state index contributed by atoms with van der Waals surface area (Å²) in [4.78, 5) is 11.6. The molecule has 76 valence electrons. The molecule has 0 aromatic carbocycles. The molecule has 0 bridgehead atoms. The summed E-state index contributed by atoms with van der Waals surface area (Å²) in [6.07, 6.45) is 2.59. The third-order valence-corrected chi connectivity index (χ3v) is 3.28. The molecule has 3 nitrogen and oxygen atoms in total. The number of ether oxygens (including phenoxy) is 1. The van der Waals surface area contributed by atoms with E-state index in [1.807, 2.05) is 0 Å². The maximum Gasteiger partial charge on any atom is 0.312 e. The van der Waals surface area contributed by atoms with Gasteiger partial charge in [-0.05, 0) is 25.2 Å². The lowest BCUT2D eigenvalue weighted by atomic mass is 9.75. The SMILES string of the molecule is COC(=O)C1(C(C)C)CCC(N)C1. The van der Waals surface area contributed by atoms with Gasteiger partial charge in [-0.2, -0.15) is 0 Å².